The fraction of sp³-hybridized carbons (Fsp3) is 0.778. The number of rotatable bonds is 5. The highest BCUT2D eigenvalue weighted by Crippen LogP contribution is 2.04. The van der Waals surface area contributed by atoms with Gasteiger partial charge in [0, 0.05) is 6.54 Å². The minimum absolute atomic E-state index is 0.196. The van der Waals surface area contributed by atoms with E-state index in [-0.39, 0.29) is 5.88 Å². The molecule has 0 aromatic heterocycles. The lowest BCUT2D eigenvalue weighted by atomic mass is 10.0. The predicted octanol–water partition coefficient (Wildman–Crippen LogP) is 1.49. The molecule has 4 nitrogen and oxygen atoms in total. The molecule has 0 aromatic rings. The molecular formula is C9H17ClN2O2. The van der Waals surface area contributed by atoms with Crippen LogP contribution in [-0.4, -0.2) is 24.4 Å². The summed E-state index contributed by atoms with van der Waals surface area (Å²) in [6.07, 6.45) is 2.03. The Morgan fingerprint density at radius 3 is 2.29 bits per heavy atom. The topological polar surface area (TPSA) is 58.2 Å². The van der Waals surface area contributed by atoms with Crippen LogP contribution in [0.2, 0.25) is 0 Å². The quantitative estimate of drug-likeness (QED) is 0.690. The van der Waals surface area contributed by atoms with Gasteiger partial charge in [-0.1, -0.05) is 26.7 Å². The molecule has 0 bridgehead atoms. The summed E-state index contributed by atoms with van der Waals surface area (Å²) in [7, 11) is 0. The Balaban J connectivity index is 3.67. The molecule has 82 valence electrons. The predicted molar refractivity (Wildman–Crippen MR) is 56.3 cm³/mol. The number of hydrogen-bond donors (Lipinski definition) is 2. The van der Waals surface area contributed by atoms with Crippen LogP contribution >= 0.6 is 11.6 Å². The van der Waals surface area contributed by atoms with Gasteiger partial charge in [0.05, 0.1) is 0 Å². The first-order valence-electron chi connectivity index (χ1n) is 4.77. The summed E-state index contributed by atoms with van der Waals surface area (Å²) in [6, 6.07) is -0.470. The van der Waals surface area contributed by atoms with E-state index in [0.29, 0.717) is 12.5 Å². The maximum Gasteiger partial charge on any atom is 0.321 e. The van der Waals surface area contributed by atoms with Crippen molar-refractivity contribution in [3.63, 3.8) is 0 Å². The van der Waals surface area contributed by atoms with Gasteiger partial charge < -0.3 is 5.32 Å². The van der Waals surface area contributed by atoms with Crippen molar-refractivity contribution in [3.05, 3.63) is 0 Å². The van der Waals surface area contributed by atoms with Crippen LogP contribution in [0.25, 0.3) is 0 Å². The molecular weight excluding hydrogens is 204 g/mol. The maximum absolute atomic E-state index is 11.0. The zero-order valence-electron chi connectivity index (χ0n) is 8.60. The van der Waals surface area contributed by atoms with Crippen LogP contribution in [0.3, 0.4) is 0 Å². The van der Waals surface area contributed by atoms with E-state index in [1.54, 1.807) is 0 Å². The average Bonchev–Trinajstić information content (AvgIpc) is 2.19. The second kappa shape index (κ2) is 7.62. The molecule has 0 saturated heterocycles. The Kier molecular flexibility index (Phi) is 7.20. The fourth-order valence-electron chi connectivity index (χ4n) is 1.02. The van der Waals surface area contributed by atoms with Crippen molar-refractivity contribution in [1.82, 2.24) is 10.6 Å². The number of imide groups is 1. The van der Waals surface area contributed by atoms with E-state index in [2.05, 4.69) is 24.5 Å². The van der Waals surface area contributed by atoms with Gasteiger partial charge in [0.15, 0.2) is 0 Å². The third-order valence-electron chi connectivity index (χ3n) is 2.08. The number of carbonyl (C=O) groups excluding carboxylic acids is 2. The van der Waals surface area contributed by atoms with E-state index >= 15 is 0 Å². The van der Waals surface area contributed by atoms with Gasteiger partial charge in [-0.3, -0.25) is 10.1 Å². The molecule has 0 aromatic carbocycles. The van der Waals surface area contributed by atoms with E-state index in [1.807, 2.05) is 0 Å². The summed E-state index contributed by atoms with van der Waals surface area (Å²) in [5, 5.41) is 4.73. The Hall–Kier alpha value is -0.770. The van der Waals surface area contributed by atoms with Gasteiger partial charge in [-0.25, -0.2) is 4.79 Å². The van der Waals surface area contributed by atoms with Gasteiger partial charge in [-0.15, -0.1) is 11.6 Å². The summed E-state index contributed by atoms with van der Waals surface area (Å²) in [4.78, 5) is 21.7. The van der Waals surface area contributed by atoms with Crippen molar-refractivity contribution >= 4 is 23.5 Å². The molecule has 0 radical (unpaired) electrons. The maximum atomic E-state index is 11.0. The van der Waals surface area contributed by atoms with Crippen LogP contribution in [0.15, 0.2) is 0 Å². The van der Waals surface area contributed by atoms with Gasteiger partial charge in [0.1, 0.15) is 5.88 Å². The van der Waals surface area contributed by atoms with Crippen LogP contribution in [0.1, 0.15) is 26.7 Å². The first-order chi connectivity index (χ1) is 6.63. The highest BCUT2D eigenvalue weighted by Gasteiger charge is 2.08. The molecule has 0 fully saturated rings. The second-order valence-corrected chi connectivity index (χ2v) is 3.34. The average molecular weight is 221 g/mol. The number of alkyl halides is 1. The number of halogens is 1. The zero-order valence-corrected chi connectivity index (χ0v) is 9.36. The lowest BCUT2D eigenvalue weighted by Gasteiger charge is -2.12. The van der Waals surface area contributed by atoms with Crippen molar-refractivity contribution in [1.29, 1.82) is 0 Å². The molecule has 2 N–H and O–H groups in total. The number of nitrogens with one attached hydrogen (secondary N) is 2. The summed E-state index contributed by atoms with van der Waals surface area (Å²) in [5.41, 5.74) is 0. The van der Waals surface area contributed by atoms with Crippen LogP contribution < -0.4 is 10.6 Å². The SMILES string of the molecule is CCC(CC)CNC(=O)NC(=O)CCl. The third kappa shape index (κ3) is 5.80. The van der Waals surface area contributed by atoms with Crippen molar-refractivity contribution in [2.24, 2.45) is 5.92 Å². The Morgan fingerprint density at radius 2 is 1.86 bits per heavy atom. The second-order valence-electron chi connectivity index (χ2n) is 3.07. The standard InChI is InChI=1S/C9H17ClN2O2/c1-3-7(4-2)6-11-9(14)12-8(13)5-10/h7H,3-6H2,1-2H3,(H2,11,12,13,14). The minimum Gasteiger partial charge on any atom is -0.338 e. The van der Waals surface area contributed by atoms with Gasteiger partial charge >= 0.3 is 6.03 Å². The molecule has 0 unspecified atom stereocenters. The molecule has 0 heterocycles. The molecule has 0 saturated carbocycles. The van der Waals surface area contributed by atoms with Crippen LogP contribution in [0.5, 0.6) is 0 Å². The van der Waals surface area contributed by atoms with E-state index < -0.39 is 11.9 Å². The third-order valence-corrected chi connectivity index (χ3v) is 2.32. The number of urea groups is 1. The highest BCUT2D eigenvalue weighted by atomic mass is 35.5. The first kappa shape index (κ1) is 13.2. The largest absolute Gasteiger partial charge is 0.338 e. The smallest absolute Gasteiger partial charge is 0.321 e. The summed E-state index contributed by atoms with van der Waals surface area (Å²) < 4.78 is 0. The molecule has 0 atom stereocenters. The zero-order chi connectivity index (χ0) is 11.0. The van der Waals surface area contributed by atoms with Crippen LogP contribution in [0.4, 0.5) is 4.79 Å². The fourth-order valence-corrected chi connectivity index (χ4v) is 1.09. The van der Waals surface area contributed by atoms with Gasteiger partial charge in [-0.05, 0) is 5.92 Å². The van der Waals surface area contributed by atoms with E-state index in [0.717, 1.165) is 12.8 Å². The molecule has 0 spiro atoms. The van der Waals surface area contributed by atoms with E-state index in [9.17, 15) is 9.59 Å². The Bertz CT molecular complexity index is 193. The van der Waals surface area contributed by atoms with E-state index in [4.69, 9.17) is 11.6 Å². The lowest BCUT2D eigenvalue weighted by Crippen LogP contribution is -2.41. The molecule has 0 aliphatic heterocycles. The number of hydrogen-bond acceptors (Lipinski definition) is 2. The van der Waals surface area contributed by atoms with Crippen molar-refractivity contribution < 1.29 is 9.59 Å². The van der Waals surface area contributed by atoms with Gasteiger partial charge in [0.2, 0.25) is 5.91 Å². The lowest BCUT2D eigenvalue weighted by molar-refractivity contribution is -0.117. The monoisotopic (exact) mass is 220 g/mol. The minimum atomic E-state index is -0.478. The molecule has 3 amide bonds. The Labute approximate surface area is 89.4 Å². The Morgan fingerprint density at radius 1 is 1.29 bits per heavy atom. The van der Waals surface area contributed by atoms with Gasteiger partial charge in [0.25, 0.3) is 0 Å². The molecule has 14 heavy (non-hydrogen) atoms. The van der Waals surface area contributed by atoms with E-state index in [1.165, 1.54) is 0 Å². The molecule has 0 rings (SSSR count). The molecule has 0 aliphatic carbocycles. The van der Waals surface area contributed by atoms with Crippen LogP contribution in [-0.2, 0) is 4.79 Å². The summed E-state index contributed by atoms with van der Waals surface area (Å²) in [6.45, 7) is 4.73. The number of carbonyl (C=O) groups is 2. The van der Waals surface area contributed by atoms with Gasteiger partial charge in [-0.2, -0.15) is 0 Å². The summed E-state index contributed by atoms with van der Waals surface area (Å²) in [5.74, 6) is -0.209. The van der Waals surface area contributed by atoms with Crippen molar-refractivity contribution in [2.45, 2.75) is 26.7 Å². The number of amides is 3. The normalized spacial score (nSPS) is 10.0. The molecule has 0 aliphatic rings. The van der Waals surface area contributed by atoms with Crippen molar-refractivity contribution in [3.8, 4) is 0 Å². The van der Waals surface area contributed by atoms with Crippen molar-refractivity contribution in [2.75, 3.05) is 12.4 Å². The summed E-state index contributed by atoms with van der Waals surface area (Å²) >= 11 is 5.22. The van der Waals surface area contributed by atoms with Crippen LogP contribution in [0, 0.1) is 5.92 Å². The highest BCUT2D eigenvalue weighted by molar-refractivity contribution is 6.28. The molecule has 5 heteroatoms. The first-order valence-corrected chi connectivity index (χ1v) is 5.31.